The number of anilines is 1. The van der Waals surface area contributed by atoms with E-state index in [0.717, 1.165) is 13.1 Å². The van der Waals surface area contributed by atoms with Gasteiger partial charge in [0.1, 0.15) is 5.69 Å². The van der Waals surface area contributed by atoms with Gasteiger partial charge in [-0.15, -0.1) is 0 Å². The van der Waals surface area contributed by atoms with E-state index < -0.39 is 0 Å². The van der Waals surface area contributed by atoms with Crippen LogP contribution in [0.15, 0.2) is 65.5 Å². The molecule has 1 aliphatic rings. The maximum absolute atomic E-state index is 13.0. The normalized spacial score (nSPS) is 17.0. The van der Waals surface area contributed by atoms with E-state index in [-0.39, 0.29) is 17.5 Å². The number of benzene rings is 2. The third-order valence-electron chi connectivity index (χ3n) is 5.31. The van der Waals surface area contributed by atoms with E-state index in [2.05, 4.69) is 36.0 Å². The molecule has 1 N–H and O–H groups in total. The lowest BCUT2D eigenvalue weighted by atomic mass is 10.1. The van der Waals surface area contributed by atoms with E-state index in [1.165, 1.54) is 22.0 Å². The summed E-state index contributed by atoms with van der Waals surface area (Å²) < 4.78 is 1.40. The molecule has 0 saturated carbocycles. The summed E-state index contributed by atoms with van der Waals surface area (Å²) in [6.45, 7) is 6.31. The number of carbonyl (C=O) groups excluding carboxylic acids is 1. The summed E-state index contributed by atoms with van der Waals surface area (Å²) in [6, 6.07) is 19.0. The number of para-hydroxylation sites is 2. The van der Waals surface area contributed by atoms with Crippen molar-refractivity contribution in [2.24, 2.45) is 0 Å². The number of hydrogen-bond acceptors (Lipinski definition) is 3. The van der Waals surface area contributed by atoms with Crippen molar-refractivity contribution in [2.45, 2.75) is 19.9 Å². The minimum atomic E-state index is -0.235. The number of piperazine rings is 1. The van der Waals surface area contributed by atoms with Crippen LogP contribution in [0.3, 0.4) is 0 Å². The molecule has 144 valence electrons. The third-order valence-corrected chi connectivity index (χ3v) is 5.31. The Kier molecular flexibility index (Phi) is 4.77. The van der Waals surface area contributed by atoms with E-state index in [0.29, 0.717) is 17.9 Å². The maximum Gasteiger partial charge on any atom is 0.272 e. The molecule has 6 nitrogen and oxygen atoms in total. The first kappa shape index (κ1) is 18.1. The number of aromatic nitrogens is 2. The summed E-state index contributed by atoms with van der Waals surface area (Å²) in [5, 5.41) is 2.97. The minimum Gasteiger partial charge on any atom is -0.367 e. The van der Waals surface area contributed by atoms with Gasteiger partial charge in [-0.25, -0.2) is 4.68 Å². The summed E-state index contributed by atoms with van der Waals surface area (Å²) in [4.78, 5) is 29.5. The lowest BCUT2D eigenvalue weighted by molar-refractivity contribution is 0.0667. The molecule has 2 aromatic carbocycles. The van der Waals surface area contributed by atoms with E-state index in [4.69, 9.17) is 0 Å². The van der Waals surface area contributed by atoms with Crippen LogP contribution in [-0.4, -0.2) is 46.3 Å². The Balaban J connectivity index is 1.52. The molecule has 1 amide bonds. The molecule has 1 unspecified atom stereocenters. The molecule has 4 rings (SSSR count). The van der Waals surface area contributed by atoms with Crippen molar-refractivity contribution >= 4 is 11.6 Å². The molecule has 3 aromatic rings. The van der Waals surface area contributed by atoms with Crippen LogP contribution in [0.1, 0.15) is 23.0 Å². The average molecular weight is 376 g/mol. The molecule has 0 radical (unpaired) electrons. The van der Waals surface area contributed by atoms with Crippen LogP contribution < -0.4 is 10.5 Å². The summed E-state index contributed by atoms with van der Waals surface area (Å²) >= 11 is 0. The lowest BCUT2D eigenvalue weighted by Crippen LogP contribution is -2.54. The van der Waals surface area contributed by atoms with Gasteiger partial charge in [0.2, 0.25) is 0 Å². The first-order chi connectivity index (χ1) is 13.5. The van der Waals surface area contributed by atoms with Crippen molar-refractivity contribution in [1.29, 1.82) is 0 Å². The van der Waals surface area contributed by atoms with Crippen molar-refractivity contribution in [2.75, 3.05) is 24.5 Å². The first-order valence-corrected chi connectivity index (χ1v) is 9.53. The van der Waals surface area contributed by atoms with Crippen LogP contribution >= 0.6 is 0 Å². The molecule has 28 heavy (non-hydrogen) atoms. The zero-order valence-electron chi connectivity index (χ0n) is 16.1. The number of nitrogens with zero attached hydrogens (tertiary/aromatic N) is 3. The Labute approximate surface area is 164 Å². The average Bonchev–Trinajstić information content (AvgIpc) is 3.10. The first-order valence-electron chi connectivity index (χ1n) is 9.53. The summed E-state index contributed by atoms with van der Waals surface area (Å²) in [5.74, 6) is -0.135. The number of carbonyl (C=O) groups is 1. The van der Waals surface area contributed by atoms with Crippen LogP contribution in [0.2, 0.25) is 0 Å². The van der Waals surface area contributed by atoms with Gasteiger partial charge in [-0.2, -0.15) is 0 Å². The molecule has 0 aliphatic carbocycles. The molecule has 1 saturated heterocycles. The number of amides is 1. The van der Waals surface area contributed by atoms with Crippen LogP contribution in [-0.2, 0) is 0 Å². The van der Waals surface area contributed by atoms with Crippen molar-refractivity contribution < 1.29 is 4.79 Å². The Morgan fingerprint density at radius 2 is 1.75 bits per heavy atom. The fourth-order valence-corrected chi connectivity index (χ4v) is 3.83. The standard InChI is InChI=1S/C22H24N4O2/c1-16-8-6-7-11-20(16)24-12-13-25(17(2)15-24)22(28)19-14-21(27)26(23-19)18-9-4-3-5-10-18/h3-11,14,17,23H,12-13,15H2,1-2H3. The van der Waals surface area contributed by atoms with Gasteiger partial charge in [0, 0.05) is 37.4 Å². The van der Waals surface area contributed by atoms with Crippen LogP contribution in [0.4, 0.5) is 5.69 Å². The second-order valence-electron chi connectivity index (χ2n) is 7.26. The predicted molar refractivity (Wildman–Crippen MR) is 110 cm³/mol. The zero-order chi connectivity index (χ0) is 19.7. The number of aromatic amines is 1. The Bertz CT molecular complexity index is 1040. The van der Waals surface area contributed by atoms with Crippen molar-refractivity contribution in [3.63, 3.8) is 0 Å². The van der Waals surface area contributed by atoms with Gasteiger partial charge >= 0.3 is 0 Å². The molecule has 6 heteroatoms. The van der Waals surface area contributed by atoms with E-state index in [1.54, 1.807) is 0 Å². The number of rotatable bonds is 3. The summed E-state index contributed by atoms with van der Waals surface area (Å²) in [6.07, 6.45) is 0. The summed E-state index contributed by atoms with van der Waals surface area (Å²) in [5.41, 5.74) is 3.25. The number of aryl methyl sites for hydroxylation is 1. The second-order valence-corrected chi connectivity index (χ2v) is 7.26. The van der Waals surface area contributed by atoms with Crippen LogP contribution in [0.25, 0.3) is 5.69 Å². The van der Waals surface area contributed by atoms with Crippen LogP contribution in [0.5, 0.6) is 0 Å². The molecule has 1 aliphatic heterocycles. The topological polar surface area (TPSA) is 61.3 Å². The van der Waals surface area contributed by atoms with Gasteiger partial charge in [0.05, 0.1) is 5.69 Å². The Morgan fingerprint density at radius 1 is 1.04 bits per heavy atom. The summed E-state index contributed by atoms with van der Waals surface area (Å²) in [7, 11) is 0. The predicted octanol–water partition coefficient (Wildman–Crippen LogP) is 2.82. The lowest BCUT2D eigenvalue weighted by Gasteiger charge is -2.41. The number of H-pyrrole nitrogens is 1. The number of nitrogens with one attached hydrogen (secondary N) is 1. The number of hydrogen-bond donors (Lipinski definition) is 1. The van der Waals surface area contributed by atoms with Gasteiger partial charge in [-0.1, -0.05) is 36.4 Å². The van der Waals surface area contributed by atoms with E-state index in [1.807, 2.05) is 47.4 Å². The van der Waals surface area contributed by atoms with Crippen molar-refractivity contribution in [1.82, 2.24) is 14.7 Å². The fraction of sp³-hybridized carbons (Fsp3) is 0.273. The second kappa shape index (κ2) is 7.38. The quantitative estimate of drug-likeness (QED) is 0.765. The Hall–Kier alpha value is -3.28. The smallest absolute Gasteiger partial charge is 0.272 e. The largest absolute Gasteiger partial charge is 0.367 e. The fourth-order valence-electron chi connectivity index (χ4n) is 3.83. The van der Waals surface area contributed by atoms with Gasteiger partial charge in [-0.3, -0.25) is 14.7 Å². The maximum atomic E-state index is 13.0. The van der Waals surface area contributed by atoms with Gasteiger partial charge in [0.25, 0.3) is 11.5 Å². The Morgan fingerprint density at radius 3 is 2.46 bits per heavy atom. The molecule has 1 fully saturated rings. The van der Waals surface area contributed by atoms with E-state index >= 15 is 0 Å². The van der Waals surface area contributed by atoms with E-state index in [9.17, 15) is 9.59 Å². The molecule has 1 aromatic heterocycles. The van der Waals surface area contributed by atoms with Crippen molar-refractivity contribution in [3.05, 3.63) is 82.3 Å². The van der Waals surface area contributed by atoms with Gasteiger partial charge < -0.3 is 9.80 Å². The molecule has 0 spiro atoms. The third kappa shape index (κ3) is 3.33. The molecule has 0 bridgehead atoms. The SMILES string of the molecule is Cc1ccccc1N1CCN(C(=O)c2cc(=O)n(-c3ccccc3)[nH]2)C(C)C1. The highest BCUT2D eigenvalue weighted by molar-refractivity contribution is 5.92. The monoisotopic (exact) mass is 376 g/mol. The van der Waals surface area contributed by atoms with Gasteiger partial charge in [-0.05, 0) is 37.6 Å². The minimum absolute atomic E-state index is 0.0458. The van der Waals surface area contributed by atoms with Gasteiger partial charge in [0.15, 0.2) is 0 Å². The molecule has 1 atom stereocenters. The molecular formula is C22H24N4O2. The molecular weight excluding hydrogens is 352 g/mol. The van der Waals surface area contributed by atoms with Crippen molar-refractivity contribution in [3.8, 4) is 5.69 Å². The molecule has 2 heterocycles. The highest BCUT2D eigenvalue weighted by Crippen LogP contribution is 2.23. The highest BCUT2D eigenvalue weighted by Gasteiger charge is 2.29. The highest BCUT2D eigenvalue weighted by atomic mass is 16.2. The van der Waals surface area contributed by atoms with Crippen LogP contribution in [0, 0.1) is 6.92 Å². The zero-order valence-corrected chi connectivity index (χ0v) is 16.1.